The Bertz CT molecular complexity index is 4160. The van der Waals surface area contributed by atoms with E-state index in [1.807, 2.05) is 43.4 Å². The molecule has 11 aromatic rings. The Morgan fingerprint density at radius 1 is 0.608 bits per heavy atom. The largest absolute Gasteiger partial charge is 4.00 e. The Morgan fingerprint density at radius 2 is 1.26 bits per heavy atom. The zero-order valence-corrected chi connectivity index (χ0v) is 43.1. The summed E-state index contributed by atoms with van der Waals surface area (Å²) in [6.45, 7) is 11.5. The molecule has 356 valence electrons. The van der Waals surface area contributed by atoms with E-state index in [0.717, 1.165) is 89.0 Å². The van der Waals surface area contributed by atoms with Crippen LogP contribution in [0.4, 0.5) is 28.6 Å². The molecule has 4 heterocycles. The second kappa shape index (κ2) is 19.4. The standard InChI is InChI=1S/C68H48N4O.Pt/c1-4-5-7-21-46(3)52-30-17-31-53(47-23-8-6-9-24-47)66(52)71-44-70(62-37-14-15-38-63(62)71)48-25-16-26-49(42-48)73-50-39-40-55-59-34-19-35-60-58-33-18-32-56(51-27-11-10-22-45(51)2)65(58)57-29-13-12-28-54(57)61-36-20-41-69-68(61)72(67(59)60)64(55)43-50;/h4-40,44H,3,41H2,1-2H3;/q-4;+4/b5-4-,21-7-;. The fraction of sp³-hybridized carbons (Fsp3) is 0.0441. The van der Waals surface area contributed by atoms with Gasteiger partial charge in [0.2, 0.25) is 0 Å². The van der Waals surface area contributed by atoms with Crippen molar-refractivity contribution in [2.45, 2.75) is 13.8 Å². The number of rotatable bonds is 9. The number of nitrogens with zero attached hydrogens (tertiary/aromatic N) is 4. The van der Waals surface area contributed by atoms with Crippen LogP contribution in [0.25, 0.3) is 88.0 Å². The number of aromatic nitrogens is 1. The van der Waals surface area contributed by atoms with Crippen molar-refractivity contribution >= 4 is 89.0 Å². The van der Waals surface area contributed by atoms with Crippen molar-refractivity contribution in [3.8, 4) is 33.8 Å². The molecule has 9 aromatic carbocycles. The normalized spacial score (nSPS) is 13.0. The van der Waals surface area contributed by atoms with Crippen molar-refractivity contribution in [1.29, 1.82) is 0 Å². The first-order valence-electron chi connectivity index (χ1n) is 24.8. The molecule has 2 aliphatic heterocycles. The third kappa shape index (κ3) is 7.84. The average molecular weight is 1130 g/mol. The quantitative estimate of drug-likeness (QED) is 0.107. The number of anilines is 4. The number of ether oxygens (including phenoxy) is 1. The number of para-hydroxylation sites is 4. The van der Waals surface area contributed by atoms with Gasteiger partial charge in [-0.25, -0.2) is 0 Å². The summed E-state index contributed by atoms with van der Waals surface area (Å²) in [7, 11) is 0. The first-order chi connectivity index (χ1) is 36.0. The van der Waals surface area contributed by atoms with Gasteiger partial charge < -0.3 is 24.3 Å². The monoisotopic (exact) mass is 1130 g/mol. The molecule has 0 bridgehead atoms. The van der Waals surface area contributed by atoms with Crippen LogP contribution < -0.4 is 14.5 Å². The van der Waals surface area contributed by atoms with Crippen LogP contribution in [-0.2, 0) is 21.1 Å². The number of benzene rings is 9. The zero-order chi connectivity index (χ0) is 49.0. The Morgan fingerprint density at radius 3 is 2.09 bits per heavy atom. The van der Waals surface area contributed by atoms with Crippen molar-refractivity contribution < 1.29 is 25.8 Å². The third-order valence-electron chi connectivity index (χ3n) is 14.2. The Balaban J connectivity index is 0.00000556. The van der Waals surface area contributed by atoms with E-state index in [1.54, 1.807) is 0 Å². The molecule has 0 radical (unpaired) electrons. The maximum atomic E-state index is 6.85. The molecule has 74 heavy (non-hydrogen) atoms. The van der Waals surface area contributed by atoms with Crippen LogP contribution in [0, 0.1) is 25.7 Å². The molecule has 13 rings (SSSR count). The number of fused-ring (bicyclic) bond motifs is 11. The third-order valence-corrected chi connectivity index (χ3v) is 14.2. The first kappa shape index (κ1) is 46.4. The fourth-order valence-electron chi connectivity index (χ4n) is 11.0. The fourth-order valence-corrected chi connectivity index (χ4v) is 11.0. The van der Waals surface area contributed by atoms with Crippen molar-refractivity contribution in [3.63, 3.8) is 0 Å². The minimum Gasteiger partial charge on any atom is -0.509 e. The Hall–Kier alpha value is -8.63. The van der Waals surface area contributed by atoms with E-state index in [9.17, 15) is 0 Å². The van der Waals surface area contributed by atoms with Crippen LogP contribution in [0.5, 0.6) is 11.5 Å². The van der Waals surface area contributed by atoms with E-state index in [0.29, 0.717) is 18.0 Å². The van der Waals surface area contributed by atoms with Crippen molar-refractivity contribution in [1.82, 2.24) is 4.40 Å². The second-order valence-electron chi connectivity index (χ2n) is 18.5. The molecule has 0 aliphatic carbocycles. The maximum Gasteiger partial charge on any atom is 4.00 e. The molecule has 0 saturated heterocycles. The Kier molecular flexibility index (Phi) is 12.2. The summed E-state index contributed by atoms with van der Waals surface area (Å²) in [6.07, 6.45) is 12.6. The van der Waals surface area contributed by atoms with E-state index in [4.69, 9.17) is 10.1 Å². The first-order valence-corrected chi connectivity index (χ1v) is 24.8. The summed E-state index contributed by atoms with van der Waals surface area (Å²) in [5, 5.41) is 13.3. The van der Waals surface area contributed by atoms with Gasteiger partial charge in [0.25, 0.3) is 0 Å². The van der Waals surface area contributed by atoms with Crippen LogP contribution in [-0.4, -0.2) is 10.9 Å². The molecular weight excluding hydrogens is 1080 g/mol. The van der Waals surface area contributed by atoms with Crippen LogP contribution in [0.1, 0.15) is 23.6 Å². The zero-order valence-electron chi connectivity index (χ0n) is 40.9. The molecule has 5 nitrogen and oxygen atoms in total. The van der Waals surface area contributed by atoms with Crippen LogP contribution in [0.2, 0.25) is 0 Å². The number of aryl methyl sites for hydroxylation is 1. The van der Waals surface area contributed by atoms with Gasteiger partial charge in [-0.2, -0.15) is 12.1 Å². The van der Waals surface area contributed by atoms with Gasteiger partial charge in [0.15, 0.2) is 0 Å². The van der Waals surface area contributed by atoms with E-state index >= 15 is 0 Å². The Labute approximate surface area is 446 Å². The van der Waals surface area contributed by atoms with Gasteiger partial charge in [-0.3, -0.25) is 0 Å². The summed E-state index contributed by atoms with van der Waals surface area (Å²) in [6, 6.07) is 74.1. The molecule has 2 aromatic heterocycles. The smallest absolute Gasteiger partial charge is 0.509 e. The van der Waals surface area contributed by atoms with Crippen molar-refractivity contribution in [2.75, 3.05) is 16.3 Å². The average Bonchev–Trinajstić information content (AvgIpc) is 4.00. The van der Waals surface area contributed by atoms with Gasteiger partial charge in [0, 0.05) is 39.7 Å². The SMILES string of the molecule is C=C(/C=C\C=C/C)c1cccc(-c2ccccc2)c1N1[CH-]N(c2[c-]c(Oc3[c-]c4c(cc3)c3cccc5c6cccc(-c7ccccc7C)c6c6ccccc6c6c(n4c53)[N-]CC=C6)ccc2)c2ccccc21.[Pt+4]. The number of hydrogen-bond donors (Lipinski definition) is 0. The maximum absolute atomic E-state index is 6.85. The molecule has 2 aliphatic rings. The topological polar surface area (TPSA) is 34.2 Å². The number of hydrogen-bond acceptors (Lipinski definition) is 3. The summed E-state index contributed by atoms with van der Waals surface area (Å²) in [5.74, 6) is 2.04. The van der Waals surface area contributed by atoms with Crippen LogP contribution >= 0.6 is 0 Å². The minimum absolute atomic E-state index is 0. The summed E-state index contributed by atoms with van der Waals surface area (Å²) < 4.78 is 9.17. The van der Waals surface area contributed by atoms with Gasteiger partial charge in [0.1, 0.15) is 0 Å². The predicted octanol–water partition coefficient (Wildman–Crippen LogP) is 18.7. The van der Waals surface area contributed by atoms with Crippen LogP contribution in [0.3, 0.4) is 0 Å². The van der Waals surface area contributed by atoms with E-state index in [2.05, 4.69) is 235 Å². The molecule has 0 unspecified atom stereocenters. The predicted molar refractivity (Wildman–Crippen MR) is 307 cm³/mol. The van der Waals surface area contributed by atoms with E-state index in [-0.39, 0.29) is 21.1 Å². The van der Waals surface area contributed by atoms with Crippen molar-refractivity contribution in [2.24, 2.45) is 0 Å². The van der Waals surface area contributed by atoms with Gasteiger partial charge in [0.05, 0.1) is 0 Å². The summed E-state index contributed by atoms with van der Waals surface area (Å²) in [4.78, 5) is 4.47. The summed E-state index contributed by atoms with van der Waals surface area (Å²) >= 11 is 0. The summed E-state index contributed by atoms with van der Waals surface area (Å²) in [5.41, 5.74) is 14.8. The molecule has 0 spiro atoms. The van der Waals surface area contributed by atoms with Crippen LogP contribution in [0.15, 0.2) is 225 Å². The van der Waals surface area contributed by atoms with E-state index in [1.165, 1.54) is 32.8 Å². The second-order valence-corrected chi connectivity index (χ2v) is 18.5. The van der Waals surface area contributed by atoms with Gasteiger partial charge in [-0.15, -0.1) is 53.6 Å². The molecule has 0 saturated carbocycles. The molecule has 6 heteroatoms. The molecule has 0 amide bonds. The van der Waals surface area contributed by atoms with Gasteiger partial charge >= 0.3 is 21.1 Å². The van der Waals surface area contributed by atoms with Gasteiger partial charge in [-0.05, 0) is 98.4 Å². The van der Waals surface area contributed by atoms with Gasteiger partial charge in [-0.1, -0.05) is 200 Å². The van der Waals surface area contributed by atoms with E-state index < -0.39 is 0 Å². The molecule has 0 N–H and O–H groups in total. The minimum atomic E-state index is 0. The molecule has 0 fully saturated rings. The van der Waals surface area contributed by atoms with Crippen molar-refractivity contribution in [3.05, 3.63) is 266 Å². The number of allylic oxidation sites excluding steroid dienone is 5. The molecular formula is C68H48N4OPt. The molecule has 0 atom stereocenters.